The number of nitrogens with zero attached hydrogens (tertiary/aromatic N) is 3. The molecule has 0 saturated heterocycles. The van der Waals surface area contributed by atoms with Gasteiger partial charge in [-0.2, -0.15) is 5.10 Å². The van der Waals surface area contributed by atoms with Gasteiger partial charge in [0.25, 0.3) is 0 Å². The van der Waals surface area contributed by atoms with Crippen LogP contribution in [0.1, 0.15) is 12.5 Å². The number of hydrogen-bond donors (Lipinski definition) is 0. The van der Waals surface area contributed by atoms with Crippen molar-refractivity contribution in [3.63, 3.8) is 0 Å². The van der Waals surface area contributed by atoms with Gasteiger partial charge < -0.3 is 0 Å². The van der Waals surface area contributed by atoms with Crippen LogP contribution in [0.15, 0.2) is 97.6 Å². The third kappa shape index (κ3) is 3.36. The monoisotopic (exact) mass is 369 g/mol. The van der Waals surface area contributed by atoms with Crippen molar-refractivity contribution in [1.29, 1.82) is 0 Å². The Morgan fingerprint density at radius 2 is 1.41 bits per heavy atom. The van der Waals surface area contributed by atoms with Crippen molar-refractivity contribution in [2.75, 3.05) is 0 Å². The molecule has 3 aromatic carbocycles. The summed E-state index contributed by atoms with van der Waals surface area (Å²) in [5.74, 6) is 0. The summed E-state index contributed by atoms with van der Waals surface area (Å²) in [5.41, 5.74) is 1.37. The molecule has 3 nitrogen and oxygen atoms in total. The van der Waals surface area contributed by atoms with Gasteiger partial charge in [0.2, 0.25) is 0 Å². The van der Waals surface area contributed by atoms with Crippen LogP contribution in [0.5, 0.6) is 0 Å². The van der Waals surface area contributed by atoms with Crippen LogP contribution in [-0.2, 0) is 12.6 Å². The molecule has 0 spiro atoms. The van der Waals surface area contributed by atoms with Crippen molar-refractivity contribution < 1.29 is 0 Å². The van der Waals surface area contributed by atoms with Crippen molar-refractivity contribution >= 4 is 23.6 Å². The van der Waals surface area contributed by atoms with E-state index in [9.17, 15) is 0 Å². The summed E-state index contributed by atoms with van der Waals surface area (Å²) in [5, 5.41) is 8.65. The van der Waals surface area contributed by atoms with Gasteiger partial charge in [-0.05, 0) is 27.5 Å². The Labute approximate surface area is 161 Å². The van der Waals surface area contributed by atoms with E-state index in [0.717, 1.165) is 12.6 Å². The fraction of sp³-hybridized carbons (Fsp3) is 0.130. The van der Waals surface area contributed by atoms with Gasteiger partial charge in [0, 0.05) is 6.17 Å². The molecular weight excluding hydrogens is 346 g/mol. The Bertz CT molecular complexity index is 943. The van der Waals surface area contributed by atoms with Gasteiger partial charge >= 0.3 is 0 Å². The number of aromatic nitrogens is 3. The first-order valence-corrected chi connectivity index (χ1v) is 11.6. The van der Waals surface area contributed by atoms with Crippen LogP contribution in [-0.4, -0.2) is 22.8 Å². The fourth-order valence-electron chi connectivity index (χ4n) is 3.83. The average Bonchev–Trinajstić information content (AvgIpc) is 3.26. The van der Waals surface area contributed by atoms with Crippen LogP contribution in [0, 0.1) is 0 Å². The SMILES string of the molecule is CCc1cccc([Si](Cn2cncn2)(c2ccccc2)c2ccccc2)c1. The summed E-state index contributed by atoms with van der Waals surface area (Å²) in [6, 6.07) is 30.9. The zero-order valence-corrected chi connectivity index (χ0v) is 16.5. The maximum atomic E-state index is 4.46. The Morgan fingerprint density at radius 3 is 1.96 bits per heavy atom. The van der Waals surface area contributed by atoms with Crippen LogP contribution < -0.4 is 15.6 Å². The van der Waals surface area contributed by atoms with Gasteiger partial charge in [-0.25, -0.2) is 4.98 Å². The first-order valence-electron chi connectivity index (χ1n) is 9.36. The second-order valence-electron chi connectivity index (χ2n) is 6.78. The van der Waals surface area contributed by atoms with Crippen LogP contribution in [0.3, 0.4) is 0 Å². The minimum absolute atomic E-state index is 0.828. The van der Waals surface area contributed by atoms with Crippen molar-refractivity contribution in [3.05, 3.63) is 103 Å². The van der Waals surface area contributed by atoms with E-state index in [1.54, 1.807) is 6.33 Å². The summed E-state index contributed by atoms with van der Waals surface area (Å²) in [6.07, 6.45) is 5.31. The molecule has 0 aliphatic heterocycles. The molecule has 1 heterocycles. The molecule has 0 bridgehead atoms. The molecule has 4 rings (SSSR count). The molecule has 4 heteroatoms. The van der Waals surface area contributed by atoms with E-state index in [-0.39, 0.29) is 0 Å². The van der Waals surface area contributed by atoms with Gasteiger partial charge in [0.15, 0.2) is 8.07 Å². The molecule has 0 N–H and O–H groups in total. The smallest absolute Gasteiger partial charge is 0.169 e. The van der Waals surface area contributed by atoms with E-state index in [1.165, 1.54) is 21.1 Å². The maximum Gasteiger partial charge on any atom is 0.169 e. The van der Waals surface area contributed by atoms with Gasteiger partial charge in [0.05, 0.1) is 0 Å². The molecule has 0 atom stereocenters. The summed E-state index contributed by atoms with van der Waals surface area (Å²) in [7, 11) is -2.32. The average molecular weight is 370 g/mol. The fourth-order valence-corrected chi connectivity index (χ4v) is 8.37. The highest BCUT2D eigenvalue weighted by atomic mass is 28.3. The Hall–Kier alpha value is -2.98. The first-order chi connectivity index (χ1) is 13.3. The van der Waals surface area contributed by atoms with E-state index >= 15 is 0 Å². The molecule has 0 fully saturated rings. The molecule has 134 valence electrons. The lowest BCUT2D eigenvalue weighted by molar-refractivity contribution is 0.729. The van der Waals surface area contributed by atoms with Gasteiger partial charge in [-0.3, -0.25) is 4.68 Å². The van der Waals surface area contributed by atoms with Gasteiger partial charge in [-0.1, -0.05) is 91.9 Å². The minimum Gasteiger partial charge on any atom is -0.255 e. The van der Waals surface area contributed by atoms with Crippen molar-refractivity contribution in [3.8, 4) is 0 Å². The van der Waals surface area contributed by atoms with Crippen molar-refractivity contribution in [2.45, 2.75) is 19.5 Å². The highest BCUT2D eigenvalue weighted by molar-refractivity contribution is 7.10. The van der Waals surface area contributed by atoms with E-state index < -0.39 is 8.07 Å². The molecular formula is C23H23N3Si. The Morgan fingerprint density at radius 1 is 0.778 bits per heavy atom. The van der Waals surface area contributed by atoms with E-state index in [1.807, 2.05) is 11.0 Å². The first kappa shape index (κ1) is 17.4. The van der Waals surface area contributed by atoms with E-state index in [2.05, 4.69) is 102 Å². The number of hydrogen-bond acceptors (Lipinski definition) is 2. The number of rotatable bonds is 6. The van der Waals surface area contributed by atoms with Gasteiger partial charge in [0.1, 0.15) is 12.7 Å². The number of aryl methyl sites for hydroxylation is 1. The number of benzene rings is 3. The van der Waals surface area contributed by atoms with Crippen LogP contribution >= 0.6 is 0 Å². The standard InChI is InChI=1S/C23H23N3Si/c1-2-20-10-9-15-23(16-20)27(19-26-18-24-17-25-26,21-11-5-3-6-12-21)22-13-7-4-8-14-22/h3-18H,2,19H2,1H3. The zero-order valence-electron chi connectivity index (χ0n) is 15.5. The molecule has 0 aliphatic carbocycles. The topological polar surface area (TPSA) is 30.7 Å². The van der Waals surface area contributed by atoms with Crippen molar-refractivity contribution in [2.24, 2.45) is 0 Å². The summed E-state index contributed by atoms with van der Waals surface area (Å²) in [4.78, 5) is 4.20. The maximum absolute atomic E-state index is 4.46. The summed E-state index contributed by atoms with van der Waals surface area (Å²) < 4.78 is 1.99. The zero-order chi connectivity index (χ0) is 18.5. The lowest BCUT2D eigenvalue weighted by Gasteiger charge is -2.33. The van der Waals surface area contributed by atoms with Crippen LogP contribution in [0.4, 0.5) is 0 Å². The Kier molecular flexibility index (Phi) is 4.98. The van der Waals surface area contributed by atoms with Crippen molar-refractivity contribution in [1.82, 2.24) is 14.8 Å². The lowest BCUT2D eigenvalue weighted by atomic mass is 10.2. The lowest BCUT2D eigenvalue weighted by Crippen LogP contribution is -2.69. The molecule has 0 aliphatic rings. The van der Waals surface area contributed by atoms with Crippen LogP contribution in [0.25, 0.3) is 0 Å². The molecule has 4 aromatic rings. The quantitative estimate of drug-likeness (QED) is 0.386. The summed E-state index contributed by atoms with van der Waals surface area (Å²) in [6.45, 7) is 2.21. The molecule has 0 saturated carbocycles. The van der Waals surface area contributed by atoms with E-state index in [4.69, 9.17) is 0 Å². The second kappa shape index (κ2) is 7.72. The largest absolute Gasteiger partial charge is 0.255 e. The highest BCUT2D eigenvalue weighted by Gasteiger charge is 2.40. The second-order valence-corrected chi connectivity index (χ2v) is 10.6. The molecule has 0 radical (unpaired) electrons. The third-order valence-corrected chi connectivity index (χ3v) is 9.96. The predicted octanol–water partition coefficient (Wildman–Crippen LogP) is 2.55. The van der Waals surface area contributed by atoms with Gasteiger partial charge in [-0.15, -0.1) is 0 Å². The molecule has 0 amide bonds. The van der Waals surface area contributed by atoms with E-state index in [0.29, 0.717) is 0 Å². The molecule has 0 unspecified atom stereocenters. The third-order valence-electron chi connectivity index (χ3n) is 5.23. The predicted molar refractivity (Wildman–Crippen MR) is 113 cm³/mol. The summed E-state index contributed by atoms with van der Waals surface area (Å²) >= 11 is 0. The molecule has 27 heavy (non-hydrogen) atoms. The molecule has 1 aromatic heterocycles. The minimum atomic E-state index is -2.32. The van der Waals surface area contributed by atoms with Crippen LogP contribution in [0.2, 0.25) is 0 Å². The Balaban J connectivity index is 2.02. The normalized spacial score (nSPS) is 11.4. The highest BCUT2D eigenvalue weighted by Crippen LogP contribution is 2.12.